The third-order valence-corrected chi connectivity index (χ3v) is 10.7. The van der Waals surface area contributed by atoms with E-state index in [4.69, 9.17) is 18.9 Å². The van der Waals surface area contributed by atoms with Gasteiger partial charge in [0.1, 0.15) is 0 Å². The van der Waals surface area contributed by atoms with Gasteiger partial charge in [0.15, 0.2) is 46.0 Å². The first-order valence-corrected chi connectivity index (χ1v) is 16.7. The standard InChI is InChI=1S/C45H28O4/c1-3-11-35-33(9-1)34-10-2-4-12-36(34)45(35,31-19-17-27-23-41-43(25-29(27)21-31)48-39-15-7-5-13-37(39)46-41)32-20-18-28-24-42-44(26-30(28)22-32)49-40-16-8-6-14-38(40)47-42/h1-26,33,35H. The highest BCUT2D eigenvalue weighted by atomic mass is 16.6. The van der Waals surface area contributed by atoms with E-state index in [1.807, 2.05) is 48.5 Å². The monoisotopic (exact) mass is 632 g/mol. The van der Waals surface area contributed by atoms with Crippen LogP contribution < -0.4 is 18.9 Å². The van der Waals surface area contributed by atoms with Gasteiger partial charge in [-0.25, -0.2) is 0 Å². The second kappa shape index (κ2) is 9.88. The Bertz CT molecular complexity index is 2460. The lowest BCUT2D eigenvalue weighted by Gasteiger charge is -2.39. The summed E-state index contributed by atoms with van der Waals surface area (Å²) in [5, 5.41) is 4.41. The third kappa shape index (κ3) is 3.80. The molecule has 0 aromatic heterocycles. The predicted molar refractivity (Wildman–Crippen MR) is 192 cm³/mol. The summed E-state index contributed by atoms with van der Waals surface area (Å²) in [6.07, 6.45) is 9.17. The minimum atomic E-state index is -0.454. The Morgan fingerprint density at radius 2 is 0.837 bits per heavy atom. The predicted octanol–water partition coefficient (Wildman–Crippen LogP) is 12.0. The van der Waals surface area contributed by atoms with Crippen molar-refractivity contribution in [1.29, 1.82) is 0 Å². The Balaban J connectivity index is 1.12. The Labute approximate surface area is 283 Å². The highest BCUT2D eigenvalue weighted by molar-refractivity contribution is 5.90. The molecule has 0 amide bonds. The molecule has 232 valence electrons. The van der Waals surface area contributed by atoms with Crippen molar-refractivity contribution in [3.63, 3.8) is 0 Å². The number of para-hydroxylation sites is 4. The lowest BCUT2D eigenvalue weighted by Crippen LogP contribution is -2.35. The highest BCUT2D eigenvalue weighted by Crippen LogP contribution is 2.60. The molecule has 4 nitrogen and oxygen atoms in total. The van der Waals surface area contributed by atoms with Crippen LogP contribution in [-0.4, -0.2) is 0 Å². The summed E-state index contributed by atoms with van der Waals surface area (Å²) in [6, 6.07) is 46.8. The van der Waals surface area contributed by atoms with Gasteiger partial charge in [0.2, 0.25) is 0 Å². The normalized spacial score (nSPS) is 18.4. The Hall–Kier alpha value is -6.26. The van der Waals surface area contributed by atoms with Crippen molar-refractivity contribution < 1.29 is 18.9 Å². The molecule has 4 heteroatoms. The lowest BCUT2D eigenvalue weighted by atomic mass is 9.63. The molecule has 0 bridgehead atoms. The van der Waals surface area contributed by atoms with Gasteiger partial charge in [-0.3, -0.25) is 0 Å². The van der Waals surface area contributed by atoms with E-state index in [1.165, 1.54) is 22.3 Å². The Morgan fingerprint density at radius 1 is 0.388 bits per heavy atom. The zero-order valence-electron chi connectivity index (χ0n) is 26.3. The quantitative estimate of drug-likeness (QED) is 0.190. The maximum absolute atomic E-state index is 6.35. The first-order valence-electron chi connectivity index (χ1n) is 16.7. The van der Waals surface area contributed by atoms with E-state index in [1.54, 1.807) is 0 Å². The van der Waals surface area contributed by atoms with Crippen LogP contribution in [0.5, 0.6) is 46.0 Å². The molecule has 11 rings (SSSR count). The van der Waals surface area contributed by atoms with E-state index in [9.17, 15) is 0 Å². The van der Waals surface area contributed by atoms with Crippen molar-refractivity contribution in [3.8, 4) is 46.0 Å². The van der Waals surface area contributed by atoms with Crippen molar-refractivity contribution in [2.75, 3.05) is 0 Å². The molecule has 0 spiro atoms. The third-order valence-electron chi connectivity index (χ3n) is 10.7. The van der Waals surface area contributed by atoms with Gasteiger partial charge in [-0.2, -0.15) is 0 Å². The maximum atomic E-state index is 6.35. The number of ether oxygens (including phenoxy) is 4. The molecule has 0 N–H and O–H groups in total. The molecule has 49 heavy (non-hydrogen) atoms. The Kier molecular flexibility index (Phi) is 5.40. The largest absolute Gasteiger partial charge is 0.449 e. The van der Waals surface area contributed by atoms with Gasteiger partial charge in [-0.15, -0.1) is 0 Å². The molecule has 7 aromatic rings. The molecule has 2 aliphatic heterocycles. The summed E-state index contributed by atoms with van der Waals surface area (Å²) in [4.78, 5) is 0. The smallest absolute Gasteiger partial charge is 0.170 e. The van der Waals surface area contributed by atoms with Crippen LogP contribution in [0.4, 0.5) is 0 Å². The molecule has 2 heterocycles. The van der Waals surface area contributed by atoms with Crippen molar-refractivity contribution in [2.45, 2.75) is 11.3 Å². The average Bonchev–Trinajstić information content (AvgIpc) is 3.45. The van der Waals surface area contributed by atoms with Gasteiger partial charge in [0.05, 0.1) is 5.41 Å². The molecule has 2 unspecified atom stereocenters. The van der Waals surface area contributed by atoms with E-state index in [2.05, 4.69) is 109 Å². The average molecular weight is 633 g/mol. The first kappa shape index (κ1) is 26.8. The fourth-order valence-corrected chi connectivity index (χ4v) is 8.54. The molecule has 4 aliphatic rings. The second-order valence-corrected chi connectivity index (χ2v) is 13.2. The van der Waals surface area contributed by atoms with E-state index in [0.717, 1.165) is 67.5 Å². The SMILES string of the molecule is C1=CC2c3ccccc3C(c3ccc4cc5c(cc4c3)Oc3ccccc3O5)(c3ccc4cc5c(cc4c3)Oc3ccccc3O5)C2C=C1. The number of fused-ring (bicyclic) bond motifs is 9. The molecule has 7 aromatic carbocycles. The van der Waals surface area contributed by atoms with Gasteiger partial charge < -0.3 is 18.9 Å². The van der Waals surface area contributed by atoms with Gasteiger partial charge in [-0.1, -0.05) is 97.1 Å². The summed E-state index contributed by atoms with van der Waals surface area (Å²) in [7, 11) is 0. The molecular formula is C45H28O4. The van der Waals surface area contributed by atoms with E-state index in [0.29, 0.717) is 0 Å². The minimum absolute atomic E-state index is 0.179. The van der Waals surface area contributed by atoms with Gasteiger partial charge in [0, 0.05) is 11.8 Å². The fraction of sp³-hybridized carbons (Fsp3) is 0.0667. The molecule has 0 radical (unpaired) electrons. The van der Waals surface area contributed by atoms with Crippen molar-refractivity contribution in [3.05, 3.63) is 180 Å². The number of allylic oxidation sites excluding steroid dienone is 4. The summed E-state index contributed by atoms with van der Waals surface area (Å²) in [5.41, 5.74) is 4.72. The van der Waals surface area contributed by atoms with Gasteiger partial charge >= 0.3 is 0 Å². The minimum Gasteiger partial charge on any atom is -0.449 e. The van der Waals surface area contributed by atoms with E-state index >= 15 is 0 Å². The topological polar surface area (TPSA) is 36.9 Å². The lowest BCUT2D eigenvalue weighted by molar-refractivity contribution is 0.360. The first-order chi connectivity index (χ1) is 24.2. The zero-order valence-corrected chi connectivity index (χ0v) is 26.3. The number of rotatable bonds is 2. The summed E-state index contributed by atoms with van der Waals surface area (Å²) in [5.74, 6) is 6.25. The van der Waals surface area contributed by atoms with Crippen LogP contribution in [0.3, 0.4) is 0 Å². The van der Waals surface area contributed by atoms with Crippen LogP contribution in [-0.2, 0) is 5.41 Å². The van der Waals surface area contributed by atoms with E-state index in [-0.39, 0.29) is 11.8 Å². The summed E-state index contributed by atoms with van der Waals surface area (Å²) < 4.78 is 25.2. The number of hydrogen-bond acceptors (Lipinski definition) is 4. The molecule has 0 fully saturated rings. The molecule has 0 saturated heterocycles. The van der Waals surface area contributed by atoms with Gasteiger partial charge in [-0.05, 0) is 104 Å². The maximum Gasteiger partial charge on any atom is 0.170 e. The van der Waals surface area contributed by atoms with Gasteiger partial charge in [0.25, 0.3) is 0 Å². The second-order valence-electron chi connectivity index (χ2n) is 13.2. The van der Waals surface area contributed by atoms with Crippen LogP contribution in [0, 0.1) is 5.92 Å². The molecule has 2 aliphatic carbocycles. The molecule has 0 saturated carbocycles. The molecular weight excluding hydrogens is 604 g/mol. The fourth-order valence-electron chi connectivity index (χ4n) is 8.54. The summed E-state index contributed by atoms with van der Waals surface area (Å²) >= 11 is 0. The van der Waals surface area contributed by atoms with E-state index < -0.39 is 5.41 Å². The van der Waals surface area contributed by atoms with Crippen molar-refractivity contribution in [1.82, 2.24) is 0 Å². The van der Waals surface area contributed by atoms with Crippen molar-refractivity contribution >= 4 is 21.5 Å². The van der Waals surface area contributed by atoms with Crippen LogP contribution in [0.1, 0.15) is 28.2 Å². The number of hydrogen-bond donors (Lipinski definition) is 0. The summed E-state index contributed by atoms with van der Waals surface area (Å²) in [6.45, 7) is 0. The molecule has 2 atom stereocenters. The Morgan fingerprint density at radius 3 is 1.37 bits per heavy atom. The van der Waals surface area contributed by atoms with Crippen LogP contribution in [0.2, 0.25) is 0 Å². The van der Waals surface area contributed by atoms with Crippen LogP contribution in [0.15, 0.2) is 158 Å². The van der Waals surface area contributed by atoms with Crippen LogP contribution in [0.25, 0.3) is 21.5 Å². The zero-order chi connectivity index (χ0) is 32.1. The number of benzene rings is 7. The highest BCUT2D eigenvalue weighted by Gasteiger charge is 2.53. The van der Waals surface area contributed by atoms with Crippen molar-refractivity contribution in [2.24, 2.45) is 5.92 Å². The van der Waals surface area contributed by atoms with Crippen LogP contribution >= 0.6 is 0 Å².